The van der Waals surface area contributed by atoms with Crippen LogP contribution in [-0.2, 0) is 61.0 Å². The van der Waals surface area contributed by atoms with E-state index in [1.807, 2.05) is 54.6 Å². The van der Waals surface area contributed by atoms with Crippen LogP contribution < -0.4 is 46.7 Å². The monoisotopic (exact) mass is 1980 g/mol. The quantitative estimate of drug-likeness (QED) is 0.0723. The Bertz CT molecular complexity index is 4870. The van der Waals surface area contributed by atoms with Crippen LogP contribution in [0.25, 0.3) is 22.3 Å². The molecular formula is C88H96F24N4O12P4. The Morgan fingerprint density at radius 1 is 0.212 bits per heavy atom. The molecular weight excluding hydrogens is 1880 g/mol. The molecule has 0 saturated heterocycles. The molecule has 0 unspecified atom stereocenters. The molecule has 16 nitrogen and oxygen atoms in total. The molecule has 0 fully saturated rings. The van der Waals surface area contributed by atoms with Crippen molar-refractivity contribution in [3.8, 4) is 56.8 Å². The predicted octanol–water partition coefficient (Wildman–Crippen LogP) is 26.7. The van der Waals surface area contributed by atoms with Crippen molar-refractivity contribution in [2.24, 2.45) is 0 Å². The van der Waals surface area contributed by atoms with Gasteiger partial charge in [-0.1, -0.05) is 108 Å². The minimum Gasteiger partial charge on any atom is -0.491 e. The zero-order chi connectivity index (χ0) is 96.6. The molecule has 0 N–H and O–H groups in total. The maximum atomic E-state index is 9.87. The van der Waals surface area contributed by atoms with Crippen molar-refractivity contribution in [2.75, 3.05) is 119 Å². The maximum Gasteiger partial charge on any atom is 0.119 e. The Morgan fingerprint density at radius 3 is 0.652 bits per heavy atom. The average molecular weight is 1980 g/mol. The number of hydrogen-bond acceptors (Lipinski definition) is 12. The summed E-state index contributed by atoms with van der Waals surface area (Å²) >= 11 is 0. The number of aryl methyl sites for hydroxylation is 2. The van der Waals surface area contributed by atoms with Crippen LogP contribution in [0.15, 0.2) is 262 Å². The van der Waals surface area contributed by atoms with Gasteiger partial charge in [0, 0.05) is 71.6 Å². The third kappa shape index (κ3) is 53.4. The zero-order valence-corrected chi connectivity index (χ0v) is 74.3. The Kier molecular flexibility index (Phi) is 35.2. The van der Waals surface area contributed by atoms with Crippen LogP contribution in [0.2, 0.25) is 0 Å². The number of fused-ring (bicyclic) bond motifs is 2. The standard InChI is InChI=1S/C60H56N4O2.C28H40O10.4F6P/c1-45-3-15-55(16-4-45)60(56-17-5-46(2)6-18-56)57-40-58-42-59(41-57)66-38-36-62-29-21-52(22-30-62)54-25-33-64(34-26-54)44-50-13-9-48(10-14-50)39-47-7-11-49(12-8-47)43-63-31-23-53(24-32-63)51-19-27-61(28-20-51)35-37-65-58;1-2-26-4-3-25(1)35-21-17-31-13-9-29-11-15-33-19-23-37-27-5-7-28(8-6-27)38-24-20-34-16-12-30-10-14-32-18-22-36-26;4*1-7(2,3,4,5)6/h3-34,40-42,60H,35-39,43-44H2,1-2H3;1-8H,9-24H2;;;;/q+4;;4*-1. The number of hydrogen-bond donors (Lipinski definition) is 0. The fourth-order valence-corrected chi connectivity index (χ4v) is 12.1. The van der Waals surface area contributed by atoms with Crippen LogP contribution in [0.1, 0.15) is 56.0 Å². The number of ether oxygens (including phenoxy) is 12. The van der Waals surface area contributed by atoms with E-state index in [9.17, 15) is 101 Å². The summed E-state index contributed by atoms with van der Waals surface area (Å²) in [4.78, 5) is 0. The van der Waals surface area contributed by atoms with Crippen LogP contribution in [0.3, 0.4) is 0 Å². The minimum atomic E-state index is -10.7. The number of rotatable bonds is 3. The normalized spacial score (nSPS) is 16.9. The molecule has 11 aromatic rings. The van der Waals surface area contributed by atoms with Crippen molar-refractivity contribution >= 4 is 31.2 Å². The molecule has 17 heterocycles. The zero-order valence-electron chi connectivity index (χ0n) is 70.7. The SMILES string of the molecule is Cc1ccc(C(c2ccc(C)cc2)c2cc3cc(c2)OCC[n+]2ccc(cc2)-c2cc[n+](cc2)Cc2ccc(cc2)Cc2ccc(cc2)C[n+]2ccc(cc2)-c2cc[n+](cc2)CCO3)cc1.F[P-](F)(F)(F)(F)F.F[P-](F)(F)(F)(F)F.F[P-](F)(F)(F)(F)F.F[P-](F)(F)(F)(F)F.c1cc2ccc1OCCOCCOCCOCCOc1ccc(cc1)OCCOCCOCCOCCO2. The molecule has 132 heavy (non-hydrogen) atoms. The molecule has 0 saturated carbocycles. The van der Waals surface area contributed by atoms with E-state index in [4.69, 9.17) is 56.8 Å². The first-order chi connectivity index (χ1) is 61.1. The van der Waals surface area contributed by atoms with E-state index in [2.05, 4.69) is 239 Å². The van der Waals surface area contributed by atoms with E-state index in [1.54, 1.807) is 0 Å². The van der Waals surface area contributed by atoms with Gasteiger partial charge in [-0.05, 0) is 131 Å². The van der Waals surface area contributed by atoms with Crippen molar-refractivity contribution in [1.29, 1.82) is 0 Å². The largest absolute Gasteiger partial charge is 0.491 e. The van der Waals surface area contributed by atoms with E-state index in [0.717, 1.165) is 59.6 Å². The summed E-state index contributed by atoms with van der Waals surface area (Å²) in [6, 6.07) is 74.7. The van der Waals surface area contributed by atoms with Crippen molar-refractivity contribution in [3.05, 3.63) is 312 Å². The Hall–Kier alpha value is -10.3. The van der Waals surface area contributed by atoms with Gasteiger partial charge in [0.2, 0.25) is 0 Å². The van der Waals surface area contributed by atoms with E-state index < -0.39 is 31.2 Å². The average Bonchev–Trinajstić information content (AvgIpc) is 0.798. The van der Waals surface area contributed by atoms with Gasteiger partial charge in [-0.25, -0.2) is 18.3 Å². The third-order valence-corrected chi connectivity index (χ3v) is 17.8. The molecule has 44 heteroatoms. The number of benzene rings is 7. The fourth-order valence-electron chi connectivity index (χ4n) is 12.1. The van der Waals surface area contributed by atoms with Crippen molar-refractivity contribution in [1.82, 2.24) is 0 Å². The number of nitrogens with zero attached hydrogens (tertiary/aromatic N) is 4. The van der Waals surface area contributed by atoms with Gasteiger partial charge in [0.05, 0.1) is 79.3 Å². The molecule has 13 aliphatic rings. The van der Waals surface area contributed by atoms with Crippen LogP contribution in [-0.4, -0.2) is 119 Å². The third-order valence-electron chi connectivity index (χ3n) is 17.8. The summed E-state index contributed by atoms with van der Waals surface area (Å²) in [7, 11) is -42.6. The summed E-state index contributed by atoms with van der Waals surface area (Å²) in [5.41, 5.74) is 16.0. The molecule has 18 bridgehead atoms. The molecule has 0 aliphatic carbocycles. The van der Waals surface area contributed by atoms with Gasteiger partial charge in [-0.3, -0.25) is 0 Å². The Labute approximate surface area is 744 Å². The van der Waals surface area contributed by atoms with Gasteiger partial charge in [0.1, 0.15) is 74.1 Å². The topological polar surface area (TPSA) is 126 Å². The summed E-state index contributed by atoms with van der Waals surface area (Å²) in [5.74, 6) is 4.63. The molecule has 13 aliphatic heterocycles. The predicted molar refractivity (Wildman–Crippen MR) is 453 cm³/mol. The van der Waals surface area contributed by atoms with Gasteiger partial charge in [0.15, 0.2) is 75.8 Å². The van der Waals surface area contributed by atoms with Gasteiger partial charge in [-0.15, -0.1) is 0 Å². The summed E-state index contributed by atoms with van der Waals surface area (Å²) in [6.07, 6.45) is 18.2. The number of halogens is 24. The Morgan fingerprint density at radius 2 is 0.417 bits per heavy atom. The molecule has 0 spiro atoms. The number of aromatic nitrogens is 4. The second-order valence-electron chi connectivity index (χ2n) is 29.5. The first-order valence-corrected chi connectivity index (χ1v) is 48.3. The van der Waals surface area contributed by atoms with Gasteiger partial charge >= 0.3 is 132 Å². The van der Waals surface area contributed by atoms with E-state index in [-0.39, 0.29) is 5.92 Å². The van der Waals surface area contributed by atoms with Crippen molar-refractivity contribution in [2.45, 2.75) is 52.4 Å². The van der Waals surface area contributed by atoms with E-state index in [1.165, 1.54) is 66.8 Å². The molecule has 4 aromatic heterocycles. The minimum absolute atomic E-state index is 0.00365. The summed E-state index contributed by atoms with van der Waals surface area (Å²) in [6.45, 7) is 16.1. The van der Waals surface area contributed by atoms with Crippen LogP contribution >= 0.6 is 31.2 Å². The molecule has 0 radical (unpaired) electrons. The first-order valence-electron chi connectivity index (χ1n) is 40.2. The fraction of sp³-hybridized carbons (Fsp3) is 0.295. The first kappa shape index (κ1) is 107. The molecule has 0 amide bonds. The Balaban J connectivity index is 0.000000271. The van der Waals surface area contributed by atoms with Crippen LogP contribution in [0.4, 0.5) is 101 Å². The van der Waals surface area contributed by atoms with Gasteiger partial charge in [-0.2, -0.15) is 0 Å². The molecule has 24 rings (SSSR count). The summed E-state index contributed by atoms with van der Waals surface area (Å²) < 4.78 is 315. The van der Waals surface area contributed by atoms with Crippen LogP contribution in [0, 0.1) is 13.8 Å². The second-order valence-corrected chi connectivity index (χ2v) is 37.2. The molecule has 728 valence electrons. The van der Waals surface area contributed by atoms with E-state index >= 15 is 0 Å². The second kappa shape index (κ2) is 43.4. The number of pyridine rings is 4. The van der Waals surface area contributed by atoms with Crippen molar-refractivity contribution in [3.63, 3.8) is 0 Å². The smallest absolute Gasteiger partial charge is 0.119 e. The van der Waals surface area contributed by atoms with Gasteiger partial charge < -0.3 is 56.8 Å². The van der Waals surface area contributed by atoms with Gasteiger partial charge in [0.25, 0.3) is 0 Å². The maximum absolute atomic E-state index is 10.7. The van der Waals surface area contributed by atoms with Crippen LogP contribution in [0.5, 0.6) is 34.5 Å². The van der Waals surface area contributed by atoms with E-state index in [0.29, 0.717) is 132 Å². The molecule has 0 atom stereocenters. The van der Waals surface area contributed by atoms with Crippen molar-refractivity contribution < 1.29 is 176 Å². The molecule has 7 aromatic carbocycles. The summed E-state index contributed by atoms with van der Waals surface area (Å²) in [5, 5.41) is 0.